The maximum atomic E-state index is 12.5. The van der Waals surface area contributed by atoms with Gasteiger partial charge < -0.3 is 15.7 Å². The number of carbonyl (C=O) groups excluding carboxylic acids is 1. The van der Waals surface area contributed by atoms with E-state index in [9.17, 15) is 18.0 Å². The summed E-state index contributed by atoms with van der Waals surface area (Å²) in [5.41, 5.74) is 2.05. The lowest BCUT2D eigenvalue weighted by atomic mass is 10.1. The van der Waals surface area contributed by atoms with E-state index in [2.05, 4.69) is 10.6 Å². The smallest absolute Gasteiger partial charge is 0.393 e. The number of hydrogen-bond donors (Lipinski definition) is 3. The molecule has 1 heterocycles. The number of anilines is 1. The van der Waals surface area contributed by atoms with Crippen molar-refractivity contribution in [3.63, 3.8) is 0 Å². The Kier molecular flexibility index (Phi) is 6.06. The quantitative estimate of drug-likeness (QED) is 0.695. The summed E-state index contributed by atoms with van der Waals surface area (Å²) in [6, 6.07) is 4.78. The number of halogens is 3. The summed E-state index contributed by atoms with van der Waals surface area (Å²) >= 11 is 0. The van der Waals surface area contributed by atoms with Gasteiger partial charge in [0.1, 0.15) is 0 Å². The molecule has 2 amide bonds. The van der Waals surface area contributed by atoms with E-state index in [1.165, 1.54) is 4.90 Å². The van der Waals surface area contributed by atoms with Crippen LogP contribution >= 0.6 is 0 Å². The number of alkyl halides is 3. The fourth-order valence-corrected chi connectivity index (χ4v) is 2.74. The van der Waals surface area contributed by atoms with E-state index in [1.807, 2.05) is 0 Å². The number of fused-ring (bicyclic) bond motifs is 1. The maximum absolute atomic E-state index is 12.5. The van der Waals surface area contributed by atoms with Crippen LogP contribution in [-0.4, -0.2) is 41.4 Å². The molecule has 0 spiro atoms. The van der Waals surface area contributed by atoms with Crippen molar-refractivity contribution in [2.75, 3.05) is 18.4 Å². The van der Waals surface area contributed by atoms with Crippen LogP contribution in [0.2, 0.25) is 0 Å². The first-order chi connectivity index (χ1) is 11.2. The van der Waals surface area contributed by atoms with Crippen LogP contribution in [0.3, 0.4) is 0 Å². The molecule has 8 heteroatoms. The van der Waals surface area contributed by atoms with Crippen LogP contribution in [0.25, 0.3) is 0 Å². The summed E-state index contributed by atoms with van der Waals surface area (Å²) in [5.74, 6) is 0. The summed E-state index contributed by atoms with van der Waals surface area (Å²) in [7, 11) is 0. The summed E-state index contributed by atoms with van der Waals surface area (Å²) < 4.78 is 37.6. The van der Waals surface area contributed by atoms with Crippen LogP contribution in [0.5, 0.6) is 0 Å². The Bertz CT molecular complexity index is 576. The number of hydrogen-bond acceptors (Lipinski definition) is 3. The van der Waals surface area contributed by atoms with E-state index in [1.54, 1.807) is 25.1 Å². The van der Waals surface area contributed by atoms with Gasteiger partial charge in [0.05, 0.1) is 12.6 Å². The topological polar surface area (TPSA) is 64.6 Å². The van der Waals surface area contributed by atoms with Crippen LogP contribution in [0.4, 0.5) is 23.7 Å². The SMILES string of the molecule is C[C@@H](O)CCCNC(=O)Nc1cccc2c1CN(CC(F)(F)F)C2. The fraction of sp³-hybridized carbons (Fsp3) is 0.562. The third-order valence-electron chi connectivity index (χ3n) is 3.78. The maximum Gasteiger partial charge on any atom is 0.401 e. The third-order valence-corrected chi connectivity index (χ3v) is 3.78. The van der Waals surface area contributed by atoms with Crippen molar-refractivity contribution in [1.29, 1.82) is 0 Å². The van der Waals surface area contributed by atoms with Gasteiger partial charge in [0.15, 0.2) is 0 Å². The molecule has 1 atom stereocenters. The average molecular weight is 345 g/mol. The lowest BCUT2D eigenvalue weighted by Crippen LogP contribution is -2.31. The molecule has 0 radical (unpaired) electrons. The second-order valence-corrected chi connectivity index (χ2v) is 6.08. The van der Waals surface area contributed by atoms with Crippen LogP contribution < -0.4 is 10.6 Å². The Balaban J connectivity index is 1.90. The van der Waals surface area contributed by atoms with Gasteiger partial charge in [-0.25, -0.2) is 4.79 Å². The van der Waals surface area contributed by atoms with Crippen molar-refractivity contribution in [3.05, 3.63) is 29.3 Å². The van der Waals surface area contributed by atoms with E-state index in [0.717, 1.165) is 11.1 Å². The van der Waals surface area contributed by atoms with Crippen molar-refractivity contribution in [3.8, 4) is 0 Å². The van der Waals surface area contributed by atoms with Gasteiger partial charge in [0.2, 0.25) is 0 Å². The molecule has 0 saturated heterocycles. The van der Waals surface area contributed by atoms with Crippen LogP contribution in [0, 0.1) is 0 Å². The number of rotatable bonds is 6. The van der Waals surface area contributed by atoms with Crippen LogP contribution in [-0.2, 0) is 13.1 Å². The van der Waals surface area contributed by atoms with Gasteiger partial charge in [-0.05, 0) is 37.0 Å². The Morgan fingerprint density at radius 1 is 1.38 bits per heavy atom. The zero-order valence-electron chi connectivity index (χ0n) is 13.5. The second kappa shape index (κ2) is 7.85. The highest BCUT2D eigenvalue weighted by molar-refractivity contribution is 5.90. The Labute approximate surface area is 138 Å². The van der Waals surface area contributed by atoms with Crippen molar-refractivity contribution in [2.45, 2.75) is 45.1 Å². The normalized spacial score (nSPS) is 15.9. The first kappa shape index (κ1) is 18.5. The van der Waals surface area contributed by atoms with Crippen molar-refractivity contribution in [2.24, 2.45) is 0 Å². The largest absolute Gasteiger partial charge is 0.401 e. The number of aliphatic hydroxyl groups is 1. The molecule has 5 nitrogen and oxygen atoms in total. The molecule has 0 unspecified atom stereocenters. The molecule has 0 bridgehead atoms. The Hall–Kier alpha value is -1.80. The highest BCUT2D eigenvalue weighted by Gasteiger charge is 2.34. The molecular weight excluding hydrogens is 323 g/mol. The van der Waals surface area contributed by atoms with Gasteiger partial charge in [0.25, 0.3) is 0 Å². The number of nitrogens with zero attached hydrogens (tertiary/aromatic N) is 1. The lowest BCUT2D eigenvalue weighted by Gasteiger charge is -2.17. The molecule has 0 aromatic heterocycles. The predicted octanol–water partition coefficient (Wildman–Crippen LogP) is 2.85. The summed E-state index contributed by atoms with van der Waals surface area (Å²) in [6.07, 6.45) is -3.41. The van der Waals surface area contributed by atoms with Crippen molar-refractivity contribution in [1.82, 2.24) is 10.2 Å². The van der Waals surface area contributed by atoms with E-state index in [4.69, 9.17) is 5.11 Å². The highest BCUT2D eigenvalue weighted by atomic mass is 19.4. The van der Waals surface area contributed by atoms with Gasteiger partial charge in [-0.3, -0.25) is 4.90 Å². The second-order valence-electron chi connectivity index (χ2n) is 6.08. The predicted molar refractivity (Wildman–Crippen MR) is 84.5 cm³/mol. The summed E-state index contributed by atoms with van der Waals surface area (Å²) in [5, 5.41) is 14.5. The molecule has 24 heavy (non-hydrogen) atoms. The first-order valence-corrected chi connectivity index (χ1v) is 7.87. The average Bonchev–Trinajstić information content (AvgIpc) is 2.84. The minimum absolute atomic E-state index is 0.160. The fourth-order valence-electron chi connectivity index (χ4n) is 2.74. The molecule has 3 N–H and O–H groups in total. The number of nitrogens with one attached hydrogen (secondary N) is 2. The highest BCUT2D eigenvalue weighted by Crippen LogP contribution is 2.31. The van der Waals surface area contributed by atoms with E-state index >= 15 is 0 Å². The van der Waals surface area contributed by atoms with Gasteiger partial charge in [-0.1, -0.05) is 12.1 Å². The molecule has 2 rings (SSSR count). The van der Waals surface area contributed by atoms with Crippen LogP contribution in [0.1, 0.15) is 30.9 Å². The van der Waals surface area contributed by atoms with E-state index in [0.29, 0.717) is 25.1 Å². The monoisotopic (exact) mass is 345 g/mol. The minimum Gasteiger partial charge on any atom is -0.393 e. The van der Waals surface area contributed by atoms with Gasteiger partial charge >= 0.3 is 12.2 Å². The molecule has 1 aliphatic rings. The molecular formula is C16H22F3N3O2. The molecule has 134 valence electrons. The number of urea groups is 1. The number of benzene rings is 1. The summed E-state index contributed by atoms with van der Waals surface area (Å²) in [4.78, 5) is 13.2. The first-order valence-electron chi connectivity index (χ1n) is 7.87. The van der Waals surface area contributed by atoms with Crippen LogP contribution in [0.15, 0.2) is 18.2 Å². The van der Waals surface area contributed by atoms with Crippen molar-refractivity contribution >= 4 is 11.7 Å². The zero-order valence-corrected chi connectivity index (χ0v) is 13.5. The van der Waals surface area contributed by atoms with Crippen molar-refractivity contribution < 1.29 is 23.1 Å². The molecule has 0 saturated carbocycles. The lowest BCUT2D eigenvalue weighted by molar-refractivity contribution is -0.146. The minimum atomic E-state index is -4.24. The number of amides is 2. The molecule has 0 aliphatic carbocycles. The molecule has 1 aromatic carbocycles. The molecule has 0 fully saturated rings. The van der Waals surface area contributed by atoms with Gasteiger partial charge in [-0.2, -0.15) is 13.2 Å². The van der Waals surface area contributed by atoms with E-state index < -0.39 is 24.9 Å². The standard InChI is InChI=1S/C16H22F3N3O2/c1-11(23)4-3-7-20-15(24)21-14-6-2-5-12-8-22(9-13(12)14)10-16(17,18)19/h2,5-6,11,23H,3-4,7-10H2,1H3,(H2,20,21,24)/t11-/m1/s1. The van der Waals surface area contributed by atoms with Gasteiger partial charge in [-0.15, -0.1) is 0 Å². The van der Waals surface area contributed by atoms with Gasteiger partial charge in [0, 0.05) is 25.3 Å². The third kappa shape index (κ3) is 5.68. The van der Waals surface area contributed by atoms with E-state index in [-0.39, 0.29) is 13.1 Å². The Morgan fingerprint density at radius 3 is 2.79 bits per heavy atom. The molecule has 1 aliphatic heterocycles. The number of aliphatic hydroxyl groups excluding tert-OH is 1. The molecule has 1 aromatic rings. The summed E-state index contributed by atoms with van der Waals surface area (Å²) in [6.45, 7) is 1.52. The zero-order chi connectivity index (χ0) is 17.7. The Morgan fingerprint density at radius 2 is 2.12 bits per heavy atom. The number of carbonyl (C=O) groups is 1.